The predicted octanol–water partition coefficient (Wildman–Crippen LogP) is 2.92. The zero-order valence-corrected chi connectivity index (χ0v) is 12.2. The van der Waals surface area contributed by atoms with Gasteiger partial charge in [-0.05, 0) is 37.1 Å². The third kappa shape index (κ3) is 3.43. The van der Waals surface area contributed by atoms with E-state index in [2.05, 4.69) is 4.72 Å². The molecule has 5 heteroatoms. The van der Waals surface area contributed by atoms with E-state index in [1.165, 1.54) is 12.1 Å². The molecule has 0 spiro atoms. The van der Waals surface area contributed by atoms with Crippen LogP contribution in [-0.4, -0.2) is 8.42 Å². The third-order valence-corrected chi connectivity index (χ3v) is 4.38. The average molecular weight is 293 g/mol. The Balaban J connectivity index is 2.19. The lowest BCUT2D eigenvalue weighted by Crippen LogP contribution is -2.24. The molecule has 2 aromatic carbocycles. The minimum absolute atomic E-state index is 0.135. The van der Waals surface area contributed by atoms with Crippen LogP contribution in [0.5, 0.6) is 0 Å². The van der Waals surface area contributed by atoms with Crippen LogP contribution >= 0.6 is 0 Å². The second-order valence-electron chi connectivity index (χ2n) is 4.74. The van der Waals surface area contributed by atoms with Crippen molar-refractivity contribution in [2.75, 3.05) is 0 Å². The fourth-order valence-electron chi connectivity index (χ4n) is 1.78. The van der Waals surface area contributed by atoms with Crippen LogP contribution in [0.25, 0.3) is 0 Å². The molecule has 0 unspecified atom stereocenters. The van der Waals surface area contributed by atoms with Crippen LogP contribution in [0.2, 0.25) is 0 Å². The Kier molecular flexibility index (Phi) is 4.20. The van der Waals surface area contributed by atoms with Gasteiger partial charge in [-0.25, -0.2) is 17.5 Å². The summed E-state index contributed by atoms with van der Waals surface area (Å²) in [5, 5.41) is 0. The number of benzene rings is 2. The van der Waals surface area contributed by atoms with Gasteiger partial charge in [0.25, 0.3) is 0 Å². The maximum atomic E-state index is 13.6. The SMILES string of the molecule is Cc1ccc(CNS(=O)(=O)c2cc(C)ccc2F)cc1. The van der Waals surface area contributed by atoms with Gasteiger partial charge >= 0.3 is 0 Å². The normalized spacial score (nSPS) is 11.6. The molecule has 2 aromatic rings. The van der Waals surface area contributed by atoms with Gasteiger partial charge in [-0.15, -0.1) is 0 Å². The minimum atomic E-state index is -3.85. The van der Waals surface area contributed by atoms with Crippen LogP contribution in [-0.2, 0) is 16.6 Å². The molecular formula is C15H16FNO2S. The highest BCUT2D eigenvalue weighted by Gasteiger charge is 2.18. The average Bonchev–Trinajstić information content (AvgIpc) is 2.41. The van der Waals surface area contributed by atoms with Crippen LogP contribution in [0.3, 0.4) is 0 Å². The van der Waals surface area contributed by atoms with E-state index < -0.39 is 15.8 Å². The molecule has 0 aliphatic rings. The summed E-state index contributed by atoms with van der Waals surface area (Å²) in [5.41, 5.74) is 2.62. The van der Waals surface area contributed by atoms with E-state index in [9.17, 15) is 12.8 Å². The van der Waals surface area contributed by atoms with E-state index in [4.69, 9.17) is 0 Å². The summed E-state index contributed by atoms with van der Waals surface area (Å²) in [7, 11) is -3.85. The lowest BCUT2D eigenvalue weighted by Gasteiger charge is -2.08. The predicted molar refractivity (Wildman–Crippen MR) is 76.3 cm³/mol. The van der Waals surface area contributed by atoms with Crippen molar-refractivity contribution in [3.05, 3.63) is 65.0 Å². The van der Waals surface area contributed by atoms with Gasteiger partial charge in [0.15, 0.2) is 0 Å². The number of halogens is 1. The molecule has 0 aromatic heterocycles. The van der Waals surface area contributed by atoms with E-state index in [0.717, 1.165) is 17.2 Å². The second-order valence-corrected chi connectivity index (χ2v) is 6.48. The Morgan fingerprint density at radius 3 is 2.25 bits per heavy atom. The zero-order valence-electron chi connectivity index (χ0n) is 11.4. The molecule has 0 saturated carbocycles. The standard InChI is InChI=1S/C15H16FNO2S/c1-11-3-6-13(7-4-11)10-17-20(18,19)15-9-12(2)5-8-14(15)16/h3-9,17H,10H2,1-2H3. The molecule has 3 nitrogen and oxygen atoms in total. The first-order valence-electron chi connectivity index (χ1n) is 6.20. The van der Waals surface area contributed by atoms with Crippen molar-refractivity contribution in [2.24, 2.45) is 0 Å². The van der Waals surface area contributed by atoms with Gasteiger partial charge in [0.1, 0.15) is 10.7 Å². The van der Waals surface area contributed by atoms with Gasteiger partial charge in [0, 0.05) is 6.54 Å². The summed E-state index contributed by atoms with van der Waals surface area (Å²) < 4.78 is 40.2. The fraction of sp³-hybridized carbons (Fsp3) is 0.200. The van der Waals surface area contributed by atoms with Crippen LogP contribution < -0.4 is 4.72 Å². The van der Waals surface area contributed by atoms with E-state index in [1.807, 2.05) is 31.2 Å². The fourth-order valence-corrected chi connectivity index (χ4v) is 2.96. The molecule has 0 radical (unpaired) electrons. The molecular weight excluding hydrogens is 277 g/mol. The lowest BCUT2D eigenvalue weighted by molar-refractivity contribution is 0.556. The first-order chi connectivity index (χ1) is 9.38. The van der Waals surface area contributed by atoms with Crippen molar-refractivity contribution in [2.45, 2.75) is 25.3 Å². The minimum Gasteiger partial charge on any atom is -0.207 e. The first kappa shape index (κ1) is 14.7. The van der Waals surface area contributed by atoms with Crippen LogP contribution in [0.4, 0.5) is 4.39 Å². The molecule has 0 amide bonds. The van der Waals surface area contributed by atoms with Gasteiger partial charge in [-0.2, -0.15) is 0 Å². The molecule has 0 heterocycles. The molecule has 0 aliphatic heterocycles. The van der Waals surface area contributed by atoms with Crippen molar-refractivity contribution < 1.29 is 12.8 Å². The molecule has 0 bridgehead atoms. The van der Waals surface area contributed by atoms with E-state index >= 15 is 0 Å². The maximum Gasteiger partial charge on any atom is 0.243 e. The Morgan fingerprint density at radius 1 is 1.00 bits per heavy atom. The molecule has 2 rings (SSSR count). The Morgan fingerprint density at radius 2 is 1.60 bits per heavy atom. The van der Waals surface area contributed by atoms with Crippen molar-refractivity contribution in [1.82, 2.24) is 4.72 Å². The van der Waals surface area contributed by atoms with Crippen LogP contribution in [0, 0.1) is 19.7 Å². The number of hydrogen-bond donors (Lipinski definition) is 1. The van der Waals surface area contributed by atoms with Gasteiger partial charge in [0.2, 0.25) is 10.0 Å². The lowest BCUT2D eigenvalue weighted by atomic mass is 10.2. The van der Waals surface area contributed by atoms with Crippen molar-refractivity contribution in [1.29, 1.82) is 0 Å². The van der Waals surface area contributed by atoms with Crippen LogP contribution in [0.1, 0.15) is 16.7 Å². The Hall–Kier alpha value is -1.72. The zero-order chi connectivity index (χ0) is 14.8. The van der Waals surface area contributed by atoms with Gasteiger partial charge in [-0.1, -0.05) is 35.9 Å². The highest BCUT2D eigenvalue weighted by Crippen LogP contribution is 2.16. The summed E-state index contributed by atoms with van der Waals surface area (Å²) >= 11 is 0. The maximum absolute atomic E-state index is 13.6. The largest absolute Gasteiger partial charge is 0.243 e. The van der Waals surface area contributed by atoms with Crippen molar-refractivity contribution in [3.63, 3.8) is 0 Å². The van der Waals surface area contributed by atoms with Gasteiger partial charge < -0.3 is 0 Å². The van der Waals surface area contributed by atoms with Crippen molar-refractivity contribution in [3.8, 4) is 0 Å². The van der Waals surface area contributed by atoms with E-state index in [1.54, 1.807) is 6.92 Å². The number of sulfonamides is 1. The second kappa shape index (κ2) is 5.73. The molecule has 0 fully saturated rings. The summed E-state index contributed by atoms with van der Waals surface area (Å²) in [5.74, 6) is -0.744. The van der Waals surface area contributed by atoms with E-state index in [0.29, 0.717) is 5.56 Å². The number of aryl methyl sites for hydroxylation is 2. The van der Waals surface area contributed by atoms with Gasteiger partial charge in [-0.3, -0.25) is 0 Å². The molecule has 0 saturated heterocycles. The summed E-state index contributed by atoms with van der Waals surface area (Å²) in [6.07, 6.45) is 0. The van der Waals surface area contributed by atoms with Crippen LogP contribution in [0.15, 0.2) is 47.4 Å². The number of rotatable bonds is 4. The first-order valence-corrected chi connectivity index (χ1v) is 7.68. The number of nitrogens with one attached hydrogen (secondary N) is 1. The quantitative estimate of drug-likeness (QED) is 0.942. The monoisotopic (exact) mass is 293 g/mol. The molecule has 1 N–H and O–H groups in total. The summed E-state index contributed by atoms with van der Waals surface area (Å²) in [4.78, 5) is -0.315. The van der Waals surface area contributed by atoms with E-state index in [-0.39, 0.29) is 11.4 Å². The Bertz CT molecular complexity index is 709. The molecule has 106 valence electrons. The van der Waals surface area contributed by atoms with Crippen molar-refractivity contribution >= 4 is 10.0 Å². The topological polar surface area (TPSA) is 46.2 Å². The molecule has 0 aliphatic carbocycles. The highest BCUT2D eigenvalue weighted by atomic mass is 32.2. The summed E-state index contributed by atoms with van der Waals surface area (Å²) in [6, 6.07) is 11.5. The highest BCUT2D eigenvalue weighted by molar-refractivity contribution is 7.89. The Labute approximate surface area is 118 Å². The summed E-state index contributed by atoms with van der Waals surface area (Å²) in [6.45, 7) is 3.81. The smallest absolute Gasteiger partial charge is 0.207 e. The third-order valence-electron chi connectivity index (χ3n) is 2.96. The molecule has 0 atom stereocenters. The molecule has 20 heavy (non-hydrogen) atoms. The number of hydrogen-bond acceptors (Lipinski definition) is 2. The van der Waals surface area contributed by atoms with Gasteiger partial charge in [0.05, 0.1) is 0 Å².